The Morgan fingerprint density at radius 2 is 2.00 bits per heavy atom. The molecule has 2 heteroatoms. The van der Waals surface area contributed by atoms with Crippen LogP contribution in [0.1, 0.15) is 58.3 Å². The Hall–Kier alpha value is -0.500. The molecule has 1 unspecified atom stereocenters. The fourth-order valence-electron chi connectivity index (χ4n) is 2.57. The first-order valence-corrected chi connectivity index (χ1v) is 6.72. The van der Waals surface area contributed by atoms with Gasteiger partial charge in [-0.15, -0.1) is 0 Å². The van der Waals surface area contributed by atoms with Gasteiger partial charge in [0.2, 0.25) is 0 Å². The second kappa shape index (κ2) is 5.72. The van der Waals surface area contributed by atoms with E-state index < -0.39 is 0 Å². The van der Waals surface area contributed by atoms with Crippen LogP contribution >= 0.6 is 0 Å². The normalized spacial score (nSPS) is 31.2. The molecular weight excluding hydrogens is 200 g/mol. The van der Waals surface area contributed by atoms with Gasteiger partial charge < -0.3 is 9.47 Å². The van der Waals surface area contributed by atoms with Crippen LogP contribution in [0, 0.1) is 0 Å². The summed E-state index contributed by atoms with van der Waals surface area (Å²) >= 11 is 0. The van der Waals surface area contributed by atoms with Crippen LogP contribution in [-0.2, 0) is 9.47 Å². The average molecular weight is 224 g/mol. The lowest BCUT2D eigenvalue weighted by molar-refractivity contribution is -0.0971. The van der Waals surface area contributed by atoms with Crippen LogP contribution in [-0.4, -0.2) is 18.8 Å². The zero-order chi connectivity index (χ0) is 11.3. The molecule has 2 fully saturated rings. The van der Waals surface area contributed by atoms with E-state index in [9.17, 15) is 0 Å². The van der Waals surface area contributed by atoms with Gasteiger partial charge in [0.25, 0.3) is 0 Å². The maximum atomic E-state index is 5.80. The molecule has 16 heavy (non-hydrogen) atoms. The number of rotatable bonds is 3. The van der Waals surface area contributed by atoms with Crippen molar-refractivity contribution in [2.45, 2.75) is 63.9 Å². The van der Waals surface area contributed by atoms with Gasteiger partial charge in [0.05, 0.1) is 11.9 Å². The molecule has 92 valence electrons. The summed E-state index contributed by atoms with van der Waals surface area (Å²) in [5.41, 5.74) is 1.45. The van der Waals surface area contributed by atoms with Gasteiger partial charge in [0, 0.05) is 6.61 Å². The largest absolute Gasteiger partial charge is 0.498 e. The molecule has 1 heterocycles. The lowest BCUT2D eigenvalue weighted by atomic mass is 9.96. The van der Waals surface area contributed by atoms with Gasteiger partial charge in [-0.05, 0) is 57.4 Å². The molecule has 2 aliphatic rings. The average Bonchev–Trinajstić information content (AvgIpc) is 2.31. The Labute approximate surface area is 99.0 Å². The Morgan fingerprint density at radius 3 is 2.69 bits per heavy atom. The first-order valence-electron chi connectivity index (χ1n) is 6.72. The standard InChI is InChI=1S/C14H24O2/c1-14(9-5-6-10-16-14)12-15-11-13-7-3-2-4-8-13/h11H,2-10,12H2,1H3. The van der Waals surface area contributed by atoms with Crippen LogP contribution in [0.4, 0.5) is 0 Å². The van der Waals surface area contributed by atoms with E-state index in [1.807, 2.05) is 6.26 Å². The monoisotopic (exact) mass is 224 g/mol. The summed E-state index contributed by atoms with van der Waals surface area (Å²) in [6, 6.07) is 0. The molecule has 0 spiro atoms. The van der Waals surface area contributed by atoms with Gasteiger partial charge in [0.1, 0.15) is 6.61 Å². The maximum absolute atomic E-state index is 5.80. The van der Waals surface area contributed by atoms with Gasteiger partial charge in [0.15, 0.2) is 0 Å². The lowest BCUT2D eigenvalue weighted by Crippen LogP contribution is -2.37. The molecular formula is C14H24O2. The molecule has 0 aromatic rings. The van der Waals surface area contributed by atoms with Crippen molar-refractivity contribution in [1.29, 1.82) is 0 Å². The van der Waals surface area contributed by atoms with Crippen molar-refractivity contribution in [2.24, 2.45) is 0 Å². The van der Waals surface area contributed by atoms with Crippen molar-refractivity contribution >= 4 is 0 Å². The highest BCUT2D eigenvalue weighted by atomic mass is 16.5. The molecule has 2 nitrogen and oxygen atoms in total. The van der Waals surface area contributed by atoms with E-state index >= 15 is 0 Å². The third kappa shape index (κ3) is 3.51. The topological polar surface area (TPSA) is 18.5 Å². The van der Waals surface area contributed by atoms with Crippen LogP contribution < -0.4 is 0 Å². The molecule has 1 aliphatic heterocycles. The summed E-state index contributed by atoms with van der Waals surface area (Å²) in [5, 5.41) is 0. The second-order valence-corrected chi connectivity index (χ2v) is 5.40. The third-order valence-corrected chi connectivity index (χ3v) is 3.68. The molecule has 1 aliphatic carbocycles. The summed E-state index contributed by atoms with van der Waals surface area (Å²) in [7, 11) is 0. The molecule has 0 bridgehead atoms. The van der Waals surface area contributed by atoms with E-state index in [0.29, 0.717) is 0 Å². The van der Waals surface area contributed by atoms with Crippen LogP contribution in [0.3, 0.4) is 0 Å². The van der Waals surface area contributed by atoms with E-state index in [-0.39, 0.29) is 5.60 Å². The second-order valence-electron chi connectivity index (χ2n) is 5.40. The smallest absolute Gasteiger partial charge is 0.116 e. The van der Waals surface area contributed by atoms with Gasteiger partial charge in [-0.25, -0.2) is 0 Å². The van der Waals surface area contributed by atoms with Crippen LogP contribution in [0.2, 0.25) is 0 Å². The fraction of sp³-hybridized carbons (Fsp3) is 0.857. The Kier molecular flexibility index (Phi) is 4.28. The van der Waals surface area contributed by atoms with E-state index in [1.54, 1.807) is 0 Å². The Morgan fingerprint density at radius 1 is 1.19 bits per heavy atom. The van der Waals surface area contributed by atoms with Crippen LogP contribution in [0.5, 0.6) is 0 Å². The van der Waals surface area contributed by atoms with Crippen molar-refractivity contribution in [3.63, 3.8) is 0 Å². The maximum Gasteiger partial charge on any atom is 0.116 e. The van der Waals surface area contributed by atoms with Gasteiger partial charge in [-0.3, -0.25) is 0 Å². The predicted molar refractivity (Wildman–Crippen MR) is 65.3 cm³/mol. The molecule has 1 atom stereocenters. The summed E-state index contributed by atoms with van der Waals surface area (Å²) in [5.74, 6) is 0. The molecule has 0 amide bonds. The van der Waals surface area contributed by atoms with Gasteiger partial charge in [-0.2, -0.15) is 0 Å². The summed E-state index contributed by atoms with van der Waals surface area (Å²) < 4.78 is 11.5. The third-order valence-electron chi connectivity index (χ3n) is 3.68. The zero-order valence-corrected chi connectivity index (χ0v) is 10.5. The van der Waals surface area contributed by atoms with Crippen molar-refractivity contribution in [2.75, 3.05) is 13.2 Å². The SMILES string of the molecule is CC1(COC=C2CCCCC2)CCCCO1. The predicted octanol–water partition coefficient (Wildman–Crippen LogP) is 3.81. The number of hydrogen-bond donors (Lipinski definition) is 0. The molecule has 1 saturated heterocycles. The minimum Gasteiger partial charge on any atom is -0.498 e. The zero-order valence-electron chi connectivity index (χ0n) is 10.5. The van der Waals surface area contributed by atoms with Crippen molar-refractivity contribution in [1.82, 2.24) is 0 Å². The van der Waals surface area contributed by atoms with E-state index in [4.69, 9.17) is 9.47 Å². The molecule has 1 saturated carbocycles. The first-order chi connectivity index (χ1) is 7.79. The first kappa shape index (κ1) is 12.0. The van der Waals surface area contributed by atoms with E-state index in [2.05, 4.69) is 6.92 Å². The number of ether oxygens (including phenoxy) is 2. The van der Waals surface area contributed by atoms with E-state index in [0.717, 1.165) is 19.6 Å². The number of allylic oxidation sites excluding steroid dienone is 1. The molecule has 2 rings (SSSR count). The molecule has 0 radical (unpaired) electrons. The van der Waals surface area contributed by atoms with E-state index in [1.165, 1.54) is 50.5 Å². The minimum absolute atomic E-state index is 0.0377. The Balaban J connectivity index is 1.73. The Bertz CT molecular complexity index is 231. The molecule has 0 aromatic heterocycles. The highest BCUT2D eigenvalue weighted by Gasteiger charge is 2.28. The van der Waals surface area contributed by atoms with Crippen LogP contribution in [0.25, 0.3) is 0 Å². The molecule has 0 aromatic carbocycles. The van der Waals surface area contributed by atoms with Crippen molar-refractivity contribution in [3.8, 4) is 0 Å². The quantitative estimate of drug-likeness (QED) is 0.679. The van der Waals surface area contributed by atoms with Gasteiger partial charge >= 0.3 is 0 Å². The number of hydrogen-bond acceptors (Lipinski definition) is 2. The molecule has 0 N–H and O–H groups in total. The fourth-order valence-corrected chi connectivity index (χ4v) is 2.57. The lowest BCUT2D eigenvalue weighted by Gasteiger charge is -2.33. The van der Waals surface area contributed by atoms with Crippen molar-refractivity contribution < 1.29 is 9.47 Å². The van der Waals surface area contributed by atoms with Crippen LogP contribution in [0.15, 0.2) is 11.8 Å². The highest BCUT2D eigenvalue weighted by Crippen LogP contribution is 2.26. The summed E-state index contributed by atoms with van der Waals surface area (Å²) in [6.45, 7) is 3.79. The van der Waals surface area contributed by atoms with Crippen molar-refractivity contribution in [3.05, 3.63) is 11.8 Å². The van der Waals surface area contributed by atoms with Gasteiger partial charge in [-0.1, -0.05) is 6.42 Å². The summed E-state index contributed by atoms with van der Waals surface area (Å²) in [6.07, 6.45) is 12.1. The minimum atomic E-state index is -0.0377. The highest BCUT2D eigenvalue weighted by molar-refractivity contribution is 5.00. The summed E-state index contributed by atoms with van der Waals surface area (Å²) in [4.78, 5) is 0.